The monoisotopic (exact) mass is 161 g/mol. The van der Waals surface area contributed by atoms with Gasteiger partial charge in [0, 0.05) is 6.04 Å². The van der Waals surface area contributed by atoms with E-state index in [2.05, 4.69) is 4.74 Å². The number of ether oxygens (including phenoxy) is 1. The fraction of sp³-hybridized carbons (Fsp3) is 0.857. The van der Waals surface area contributed by atoms with Crippen molar-refractivity contribution < 1.29 is 13.9 Å². The molecule has 0 radical (unpaired) electrons. The molecule has 3 nitrogen and oxygen atoms in total. The molecule has 64 valence electrons. The molecule has 0 aromatic rings. The lowest BCUT2D eigenvalue weighted by atomic mass is 10.1. The van der Waals surface area contributed by atoms with Crippen LogP contribution in [0.5, 0.6) is 0 Å². The zero-order valence-corrected chi connectivity index (χ0v) is 6.42. The minimum Gasteiger partial charge on any atom is -0.469 e. The maximum Gasteiger partial charge on any atom is 0.308 e. The van der Waals surface area contributed by atoms with Gasteiger partial charge >= 0.3 is 5.97 Å². The molecule has 0 heterocycles. The van der Waals surface area contributed by atoms with Crippen LogP contribution in [0.3, 0.4) is 0 Å². The molecular formula is C7H12FNO2. The third-order valence-electron chi connectivity index (χ3n) is 2.07. The van der Waals surface area contributed by atoms with E-state index in [1.807, 2.05) is 0 Å². The largest absolute Gasteiger partial charge is 0.469 e. The Balaban J connectivity index is 2.46. The summed E-state index contributed by atoms with van der Waals surface area (Å²) in [6.45, 7) is 0. The Labute approximate surface area is 64.7 Å². The third-order valence-corrected chi connectivity index (χ3v) is 2.07. The van der Waals surface area contributed by atoms with Crippen LogP contribution in [0.4, 0.5) is 4.39 Å². The van der Waals surface area contributed by atoms with E-state index in [4.69, 9.17) is 5.73 Å². The van der Waals surface area contributed by atoms with Crippen LogP contribution in [0, 0.1) is 5.92 Å². The van der Waals surface area contributed by atoms with Gasteiger partial charge in [-0.25, -0.2) is 4.39 Å². The van der Waals surface area contributed by atoms with Gasteiger partial charge in [-0.1, -0.05) is 0 Å². The molecule has 1 aliphatic carbocycles. The summed E-state index contributed by atoms with van der Waals surface area (Å²) >= 11 is 0. The second-order valence-corrected chi connectivity index (χ2v) is 2.87. The molecule has 1 rings (SSSR count). The van der Waals surface area contributed by atoms with Gasteiger partial charge in [0.05, 0.1) is 13.0 Å². The van der Waals surface area contributed by atoms with Crippen LogP contribution in [0.15, 0.2) is 0 Å². The van der Waals surface area contributed by atoms with Gasteiger partial charge in [-0.3, -0.25) is 4.79 Å². The Morgan fingerprint density at radius 3 is 2.64 bits per heavy atom. The highest BCUT2D eigenvalue weighted by Gasteiger charge is 2.36. The highest BCUT2D eigenvalue weighted by molar-refractivity contribution is 5.72. The molecule has 0 bridgehead atoms. The Bertz CT molecular complexity index is 153. The number of esters is 1. The molecule has 3 atom stereocenters. The van der Waals surface area contributed by atoms with Gasteiger partial charge in [-0.05, 0) is 12.8 Å². The minimum atomic E-state index is -1.04. The summed E-state index contributed by atoms with van der Waals surface area (Å²) in [5.41, 5.74) is 5.38. The van der Waals surface area contributed by atoms with E-state index >= 15 is 0 Å². The van der Waals surface area contributed by atoms with Crippen LogP contribution in [0.25, 0.3) is 0 Å². The maximum absolute atomic E-state index is 12.7. The average molecular weight is 161 g/mol. The van der Waals surface area contributed by atoms with E-state index in [1.165, 1.54) is 7.11 Å². The average Bonchev–Trinajstić information content (AvgIpc) is 2.31. The van der Waals surface area contributed by atoms with Crippen LogP contribution >= 0.6 is 0 Å². The number of alkyl halides is 1. The van der Waals surface area contributed by atoms with Gasteiger partial charge in [0.25, 0.3) is 0 Å². The molecule has 1 aliphatic rings. The second kappa shape index (κ2) is 3.17. The van der Waals surface area contributed by atoms with Crippen LogP contribution in [-0.2, 0) is 9.53 Å². The molecule has 0 saturated heterocycles. The van der Waals surface area contributed by atoms with Crippen molar-refractivity contribution in [1.29, 1.82) is 0 Å². The number of methoxy groups -OCH3 is 1. The molecule has 0 aromatic heterocycles. The fourth-order valence-electron chi connectivity index (χ4n) is 1.38. The van der Waals surface area contributed by atoms with Gasteiger partial charge in [0.2, 0.25) is 0 Å². The molecule has 3 unspecified atom stereocenters. The molecular weight excluding hydrogens is 149 g/mol. The predicted octanol–water partition coefficient (Wildman–Crippen LogP) is 0.235. The maximum atomic E-state index is 12.7. The first kappa shape index (κ1) is 8.46. The smallest absolute Gasteiger partial charge is 0.308 e. The lowest BCUT2D eigenvalue weighted by Gasteiger charge is -2.04. The summed E-state index contributed by atoms with van der Waals surface area (Å²) in [7, 11) is 1.30. The van der Waals surface area contributed by atoms with E-state index < -0.39 is 12.2 Å². The molecule has 4 heteroatoms. The van der Waals surface area contributed by atoms with E-state index in [0.29, 0.717) is 6.42 Å². The van der Waals surface area contributed by atoms with E-state index in [0.717, 1.165) is 0 Å². The van der Waals surface area contributed by atoms with Crippen molar-refractivity contribution in [3.63, 3.8) is 0 Å². The Hall–Kier alpha value is -0.640. The molecule has 0 aliphatic heterocycles. The number of carbonyl (C=O) groups is 1. The van der Waals surface area contributed by atoms with Gasteiger partial charge in [-0.15, -0.1) is 0 Å². The van der Waals surface area contributed by atoms with Crippen molar-refractivity contribution in [2.24, 2.45) is 11.7 Å². The van der Waals surface area contributed by atoms with Crippen molar-refractivity contribution in [2.75, 3.05) is 7.11 Å². The standard InChI is InChI=1S/C7H12FNO2/c1-11-7(10)4-2-5(8)6(9)3-4/h4-6H,2-3,9H2,1H3. The van der Waals surface area contributed by atoms with Crippen molar-refractivity contribution in [3.05, 3.63) is 0 Å². The third kappa shape index (κ3) is 1.68. The normalized spacial score (nSPS) is 37.2. The number of nitrogens with two attached hydrogens (primary N) is 1. The quantitative estimate of drug-likeness (QED) is 0.560. The lowest BCUT2D eigenvalue weighted by Crippen LogP contribution is -2.25. The first-order chi connectivity index (χ1) is 5.15. The molecule has 1 saturated carbocycles. The molecule has 0 spiro atoms. The van der Waals surface area contributed by atoms with Crippen LogP contribution in [-0.4, -0.2) is 25.3 Å². The van der Waals surface area contributed by atoms with Crippen LogP contribution in [0.2, 0.25) is 0 Å². The van der Waals surface area contributed by atoms with Crippen molar-refractivity contribution >= 4 is 5.97 Å². The van der Waals surface area contributed by atoms with Gasteiger partial charge in [0.1, 0.15) is 6.17 Å². The molecule has 0 amide bonds. The summed E-state index contributed by atoms with van der Waals surface area (Å²) in [5.74, 6) is -0.675. The van der Waals surface area contributed by atoms with Crippen LogP contribution < -0.4 is 5.73 Å². The predicted molar refractivity (Wildman–Crippen MR) is 37.6 cm³/mol. The number of halogens is 1. The first-order valence-electron chi connectivity index (χ1n) is 3.62. The highest BCUT2D eigenvalue weighted by Crippen LogP contribution is 2.27. The van der Waals surface area contributed by atoms with Crippen molar-refractivity contribution in [1.82, 2.24) is 0 Å². The van der Waals surface area contributed by atoms with Crippen molar-refractivity contribution in [3.8, 4) is 0 Å². The summed E-state index contributed by atoms with van der Waals surface area (Å²) < 4.78 is 17.2. The minimum absolute atomic E-state index is 0.216. The molecule has 1 fully saturated rings. The number of hydrogen-bond donors (Lipinski definition) is 1. The zero-order chi connectivity index (χ0) is 8.43. The molecule has 11 heavy (non-hydrogen) atoms. The number of hydrogen-bond acceptors (Lipinski definition) is 3. The zero-order valence-electron chi connectivity index (χ0n) is 6.42. The molecule has 0 aromatic carbocycles. The Kier molecular flexibility index (Phi) is 2.44. The summed E-state index contributed by atoms with van der Waals surface area (Å²) in [6.07, 6.45) is -0.416. The highest BCUT2D eigenvalue weighted by atomic mass is 19.1. The Morgan fingerprint density at radius 1 is 1.64 bits per heavy atom. The Morgan fingerprint density at radius 2 is 2.27 bits per heavy atom. The van der Waals surface area contributed by atoms with Gasteiger partial charge < -0.3 is 10.5 Å². The van der Waals surface area contributed by atoms with E-state index in [-0.39, 0.29) is 18.3 Å². The lowest BCUT2D eigenvalue weighted by molar-refractivity contribution is -0.145. The van der Waals surface area contributed by atoms with Gasteiger partial charge in [0.15, 0.2) is 0 Å². The second-order valence-electron chi connectivity index (χ2n) is 2.87. The SMILES string of the molecule is COC(=O)C1CC(N)C(F)C1. The van der Waals surface area contributed by atoms with E-state index in [1.54, 1.807) is 0 Å². The fourth-order valence-corrected chi connectivity index (χ4v) is 1.38. The van der Waals surface area contributed by atoms with Crippen molar-refractivity contribution in [2.45, 2.75) is 25.1 Å². The van der Waals surface area contributed by atoms with Gasteiger partial charge in [-0.2, -0.15) is 0 Å². The van der Waals surface area contributed by atoms with E-state index in [9.17, 15) is 9.18 Å². The topological polar surface area (TPSA) is 52.3 Å². The summed E-state index contributed by atoms with van der Waals surface area (Å²) in [4.78, 5) is 10.9. The molecule has 2 N–H and O–H groups in total. The summed E-state index contributed by atoms with van der Waals surface area (Å²) in [5, 5.41) is 0. The number of rotatable bonds is 1. The summed E-state index contributed by atoms with van der Waals surface area (Å²) in [6, 6.07) is -0.487. The van der Waals surface area contributed by atoms with Crippen LogP contribution in [0.1, 0.15) is 12.8 Å². The first-order valence-corrected chi connectivity index (χ1v) is 3.62. The number of carbonyl (C=O) groups excluding carboxylic acids is 1.